The van der Waals surface area contributed by atoms with Gasteiger partial charge in [-0.15, -0.1) is 11.3 Å². The molecule has 2 aromatic heterocycles. The van der Waals surface area contributed by atoms with Crippen LogP contribution in [0.4, 0.5) is 11.5 Å². The van der Waals surface area contributed by atoms with Gasteiger partial charge in [0.25, 0.3) is 5.56 Å². The molecular formula is C21H23N5O3S. The fourth-order valence-electron chi connectivity index (χ4n) is 3.85. The van der Waals surface area contributed by atoms with Gasteiger partial charge < -0.3 is 15.1 Å². The van der Waals surface area contributed by atoms with Crippen molar-refractivity contribution in [3.05, 3.63) is 79.1 Å². The van der Waals surface area contributed by atoms with Gasteiger partial charge in [-0.1, -0.05) is 36.4 Å². The van der Waals surface area contributed by atoms with Crippen LogP contribution >= 0.6 is 11.3 Å². The molecule has 1 amide bonds. The van der Waals surface area contributed by atoms with E-state index in [1.807, 2.05) is 47.8 Å². The van der Waals surface area contributed by atoms with Crippen molar-refractivity contribution in [3.8, 4) is 0 Å². The molecule has 156 valence electrons. The van der Waals surface area contributed by atoms with E-state index < -0.39 is 11.2 Å². The van der Waals surface area contributed by atoms with Gasteiger partial charge in [-0.2, -0.15) is 0 Å². The molecule has 0 radical (unpaired) electrons. The second kappa shape index (κ2) is 7.83. The molecule has 1 atom stereocenters. The lowest BCUT2D eigenvalue weighted by molar-refractivity contribution is -0.120. The van der Waals surface area contributed by atoms with Gasteiger partial charge in [0, 0.05) is 26.0 Å². The third-order valence-electron chi connectivity index (χ3n) is 5.27. The minimum Gasteiger partial charge on any atom is -0.343 e. The standard InChI is InChI=1S/C21H23N5O3S/c1-23-13-26(18-19(23)24(2)21(29)25(3)20(18)28)12-16(27)22-17(15-10-7-11-30-15)14-8-5-4-6-9-14/h4-11,17H,12-13H2,1-3H3,(H,22,27). The predicted molar refractivity (Wildman–Crippen MR) is 118 cm³/mol. The summed E-state index contributed by atoms with van der Waals surface area (Å²) in [6.07, 6.45) is 0. The summed E-state index contributed by atoms with van der Waals surface area (Å²) in [6, 6.07) is 13.5. The van der Waals surface area contributed by atoms with Crippen LogP contribution in [0.3, 0.4) is 0 Å². The summed E-state index contributed by atoms with van der Waals surface area (Å²) in [5.74, 6) is 0.322. The Morgan fingerprint density at radius 1 is 1.07 bits per heavy atom. The molecule has 3 heterocycles. The number of benzene rings is 1. The third kappa shape index (κ3) is 3.41. The molecule has 1 aromatic carbocycles. The monoisotopic (exact) mass is 425 g/mol. The van der Waals surface area contributed by atoms with Crippen LogP contribution in [0.25, 0.3) is 0 Å². The molecule has 8 nitrogen and oxygen atoms in total. The molecule has 4 rings (SSSR count). The Hall–Kier alpha value is -3.33. The summed E-state index contributed by atoms with van der Waals surface area (Å²) < 4.78 is 2.51. The number of aromatic nitrogens is 2. The maximum Gasteiger partial charge on any atom is 0.332 e. The highest BCUT2D eigenvalue weighted by Crippen LogP contribution is 2.30. The summed E-state index contributed by atoms with van der Waals surface area (Å²) in [6.45, 7) is 0.365. The van der Waals surface area contributed by atoms with Crippen LogP contribution in [0.15, 0.2) is 57.4 Å². The van der Waals surface area contributed by atoms with E-state index in [2.05, 4.69) is 5.32 Å². The molecule has 1 N–H and O–H groups in total. The van der Waals surface area contributed by atoms with Crippen molar-refractivity contribution in [2.45, 2.75) is 6.04 Å². The zero-order valence-electron chi connectivity index (χ0n) is 17.0. The molecule has 9 heteroatoms. The van der Waals surface area contributed by atoms with E-state index in [0.29, 0.717) is 18.2 Å². The lowest BCUT2D eigenvalue weighted by Crippen LogP contribution is -2.43. The first-order chi connectivity index (χ1) is 14.4. The molecule has 30 heavy (non-hydrogen) atoms. The van der Waals surface area contributed by atoms with Crippen molar-refractivity contribution in [1.82, 2.24) is 14.5 Å². The number of nitrogens with one attached hydrogen (secondary N) is 1. The molecule has 0 saturated heterocycles. The third-order valence-corrected chi connectivity index (χ3v) is 6.21. The van der Waals surface area contributed by atoms with E-state index in [4.69, 9.17) is 0 Å². The van der Waals surface area contributed by atoms with E-state index in [9.17, 15) is 14.4 Å². The van der Waals surface area contributed by atoms with Crippen molar-refractivity contribution < 1.29 is 4.79 Å². The van der Waals surface area contributed by atoms with Crippen molar-refractivity contribution >= 4 is 28.7 Å². The highest BCUT2D eigenvalue weighted by molar-refractivity contribution is 7.10. The molecular weight excluding hydrogens is 402 g/mol. The molecule has 0 saturated carbocycles. The number of anilines is 2. The number of carbonyl (C=O) groups is 1. The minimum atomic E-state index is -0.400. The van der Waals surface area contributed by atoms with Gasteiger partial charge in [0.15, 0.2) is 0 Å². The fraction of sp³-hybridized carbons (Fsp3) is 0.286. The Labute approximate surface area is 177 Å². The SMILES string of the molecule is CN1CN(CC(=O)NC(c2ccccc2)c2cccs2)c2c1n(C)c(=O)n(C)c2=O. The maximum atomic E-state index is 13.0. The van der Waals surface area contributed by atoms with Crippen molar-refractivity contribution in [2.24, 2.45) is 14.1 Å². The second-order valence-electron chi connectivity index (χ2n) is 7.34. The summed E-state index contributed by atoms with van der Waals surface area (Å²) in [4.78, 5) is 42.6. The van der Waals surface area contributed by atoms with Crippen molar-refractivity contribution in [3.63, 3.8) is 0 Å². The fourth-order valence-corrected chi connectivity index (χ4v) is 4.65. The highest BCUT2D eigenvalue weighted by atomic mass is 32.1. The molecule has 1 unspecified atom stereocenters. The zero-order chi connectivity index (χ0) is 21.4. The second-order valence-corrected chi connectivity index (χ2v) is 8.32. The molecule has 0 bridgehead atoms. The molecule has 0 fully saturated rings. The van der Waals surface area contributed by atoms with Crippen LogP contribution in [0.1, 0.15) is 16.5 Å². The average molecular weight is 426 g/mol. The van der Waals surface area contributed by atoms with Crippen LogP contribution in [0.2, 0.25) is 0 Å². The quantitative estimate of drug-likeness (QED) is 0.666. The number of hydrogen-bond acceptors (Lipinski definition) is 6. The number of fused-ring (bicyclic) bond motifs is 1. The first-order valence-corrected chi connectivity index (χ1v) is 10.4. The van der Waals surface area contributed by atoms with Gasteiger partial charge in [0.2, 0.25) is 5.91 Å². The normalized spacial score (nSPS) is 14.0. The highest BCUT2D eigenvalue weighted by Gasteiger charge is 2.32. The van der Waals surface area contributed by atoms with Crippen LogP contribution in [-0.4, -0.2) is 35.3 Å². The van der Waals surface area contributed by atoms with E-state index in [1.54, 1.807) is 35.2 Å². The van der Waals surface area contributed by atoms with Gasteiger partial charge in [-0.25, -0.2) is 4.79 Å². The summed E-state index contributed by atoms with van der Waals surface area (Å²) in [7, 11) is 4.88. The lowest BCUT2D eigenvalue weighted by Gasteiger charge is -2.22. The summed E-state index contributed by atoms with van der Waals surface area (Å²) in [5.41, 5.74) is 0.567. The first kappa shape index (κ1) is 20.0. The van der Waals surface area contributed by atoms with Gasteiger partial charge in [0.1, 0.15) is 11.5 Å². The number of rotatable bonds is 5. The van der Waals surface area contributed by atoms with Gasteiger partial charge in [-0.3, -0.25) is 18.7 Å². The first-order valence-electron chi connectivity index (χ1n) is 9.52. The lowest BCUT2D eigenvalue weighted by atomic mass is 10.1. The summed E-state index contributed by atoms with van der Waals surface area (Å²) >= 11 is 1.58. The molecule has 3 aromatic rings. The molecule has 0 spiro atoms. The molecule has 0 aliphatic carbocycles. The Balaban J connectivity index is 1.61. The van der Waals surface area contributed by atoms with Gasteiger partial charge >= 0.3 is 5.69 Å². The van der Waals surface area contributed by atoms with Crippen molar-refractivity contribution in [2.75, 3.05) is 30.1 Å². The Morgan fingerprint density at radius 2 is 1.80 bits per heavy atom. The average Bonchev–Trinajstić information content (AvgIpc) is 3.37. The molecule has 1 aliphatic rings. The van der Waals surface area contributed by atoms with Crippen LogP contribution in [-0.2, 0) is 18.9 Å². The van der Waals surface area contributed by atoms with E-state index >= 15 is 0 Å². The van der Waals surface area contributed by atoms with Crippen LogP contribution in [0, 0.1) is 0 Å². The Morgan fingerprint density at radius 3 is 2.47 bits per heavy atom. The van der Waals surface area contributed by atoms with Crippen LogP contribution < -0.4 is 26.4 Å². The number of amides is 1. The number of hydrogen-bond donors (Lipinski definition) is 1. The number of thiophene rings is 1. The van der Waals surface area contributed by atoms with E-state index in [-0.39, 0.29) is 18.5 Å². The minimum absolute atomic E-state index is 0.0134. The van der Waals surface area contributed by atoms with Gasteiger partial charge in [-0.05, 0) is 17.0 Å². The number of carbonyl (C=O) groups excluding carboxylic acids is 1. The Bertz CT molecular complexity index is 1180. The van der Waals surface area contributed by atoms with E-state index in [0.717, 1.165) is 15.0 Å². The zero-order valence-corrected chi connectivity index (χ0v) is 17.8. The molecule has 1 aliphatic heterocycles. The van der Waals surface area contributed by atoms with Crippen LogP contribution in [0.5, 0.6) is 0 Å². The maximum absolute atomic E-state index is 13.0. The number of nitrogens with zero attached hydrogens (tertiary/aromatic N) is 4. The summed E-state index contributed by atoms with van der Waals surface area (Å²) in [5, 5.41) is 5.08. The Kier molecular flexibility index (Phi) is 5.21. The smallest absolute Gasteiger partial charge is 0.332 e. The van der Waals surface area contributed by atoms with Crippen molar-refractivity contribution in [1.29, 1.82) is 0 Å². The van der Waals surface area contributed by atoms with E-state index in [1.165, 1.54) is 11.6 Å². The topological polar surface area (TPSA) is 79.6 Å². The predicted octanol–water partition coefficient (Wildman–Crippen LogP) is 1.26. The van der Waals surface area contributed by atoms with Gasteiger partial charge in [0.05, 0.1) is 19.3 Å². The largest absolute Gasteiger partial charge is 0.343 e.